The van der Waals surface area contributed by atoms with E-state index < -0.39 is 6.09 Å². The zero-order chi connectivity index (χ0) is 15.6. The predicted octanol–water partition coefficient (Wildman–Crippen LogP) is 0.673. The highest BCUT2D eigenvalue weighted by molar-refractivity contribution is 5.90. The van der Waals surface area contributed by atoms with E-state index in [1.165, 1.54) is 7.11 Å². The smallest absolute Gasteiger partial charge is 0.407 e. The van der Waals surface area contributed by atoms with Gasteiger partial charge >= 0.3 is 6.09 Å². The van der Waals surface area contributed by atoms with E-state index in [0.29, 0.717) is 25.3 Å². The largest absolute Gasteiger partial charge is 0.453 e. The van der Waals surface area contributed by atoms with Crippen molar-refractivity contribution < 1.29 is 14.3 Å². The number of hydrogen-bond donors (Lipinski definition) is 2. The van der Waals surface area contributed by atoms with Crippen LogP contribution < -0.4 is 5.32 Å². The normalized spacial score (nSPS) is 18.7. The minimum atomic E-state index is -0.484. The van der Waals surface area contributed by atoms with Gasteiger partial charge in [0, 0.05) is 18.5 Å². The molecule has 1 aliphatic heterocycles. The van der Waals surface area contributed by atoms with Gasteiger partial charge in [0.05, 0.1) is 13.2 Å². The highest BCUT2D eigenvalue weighted by Crippen LogP contribution is 2.18. The number of aromatic nitrogens is 3. The molecule has 8 heteroatoms. The lowest BCUT2D eigenvalue weighted by Gasteiger charge is -2.15. The predicted molar refractivity (Wildman–Crippen MR) is 74.9 cm³/mol. The quantitative estimate of drug-likeness (QED) is 0.835. The third-order valence-corrected chi connectivity index (χ3v) is 3.37. The van der Waals surface area contributed by atoms with Gasteiger partial charge in [-0.05, 0) is 6.42 Å². The molecule has 1 aromatic heterocycles. The first-order chi connectivity index (χ1) is 9.81. The number of ether oxygens (including phenoxy) is 1. The number of rotatable bonds is 2. The van der Waals surface area contributed by atoms with Crippen LogP contribution in [0.25, 0.3) is 0 Å². The number of nitrogens with one attached hydrogen (secondary N) is 2. The molecule has 0 radical (unpaired) electrons. The summed E-state index contributed by atoms with van der Waals surface area (Å²) >= 11 is 0. The number of carbonyl (C=O) groups is 2. The number of likely N-dealkylation sites (tertiary alicyclic amines) is 1. The van der Waals surface area contributed by atoms with Crippen LogP contribution in [-0.4, -0.2) is 58.3 Å². The summed E-state index contributed by atoms with van der Waals surface area (Å²) in [5.74, 6) is 0.615. The van der Waals surface area contributed by atoms with Gasteiger partial charge in [-0.3, -0.25) is 9.89 Å². The van der Waals surface area contributed by atoms with Crippen LogP contribution in [-0.2, 0) is 10.2 Å². The Balaban J connectivity index is 1.98. The maximum atomic E-state index is 12.3. The van der Waals surface area contributed by atoms with Crippen molar-refractivity contribution in [2.24, 2.45) is 0 Å². The molecule has 1 unspecified atom stereocenters. The van der Waals surface area contributed by atoms with Crippen LogP contribution in [0.2, 0.25) is 0 Å². The van der Waals surface area contributed by atoms with E-state index in [4.69, 9.17) is 0 Å². The molecule has 0 aromatic carbocycles. The molecule has 1 atom stereocenters. The van der Waals surface area contributed by atoms with Gasteiger partial charge in [-0.2, -0.15) is 0 Å². The molecular formula is C13H21N5O3. The second-order valence-electron chi connectivity index (χ2n) is 6.13. The molecule has 2 heterocycles. The summed E-state index contributed by atoms with van der Waals surface area (Å²) in [5.41, 5.74) is -0.189. The van der Waals surface area contributed by atoms with E-state index in [0.717, 1.165) is 0 Å². The molecule has 2 N–H and O–H groups in total. The van der Waals surface area contributed by atoms with Crippen molar-refractivity contribution >= 4 is 12.0 Å². The van der Waals surface area contributed by atoms with Gasteiger partial charge < -0.3 is 15.0 Å². The van der Waals surface area contributed by atoms with Crippen molar-refractivity contribution in [3.05, 3.63) is 11.6 Å². The lowest BCUT2D eigenvalue weighted by Crippen LogP contribution is -2.38. The standard InChI is InChI=1S/C13H21N5O3/c1-13(2,3)11-15-9(16-17-11)10(19)18-6-5-8(7-18)14-12(20)21-4/h8H,5-7H2,1-4H3,(H,14,20)(H,15,16,17). The van der Waals surface area contributed by atoms with Crippen LogP contribution in [0.5, 0.6) is 0 Å². The Kier molecular flexibility index (Phi) is 4.15. The third kappa shape index (κ3) is 3.50. The van der Waals surface area contributed by atoms with Crippen molar-refractivity contribution in [2.75, 3.05) is 20.2 Å². The number of aromatic amines is 1. The number of amides is 2. The van der Waals surface area contributed by atoms with Crippen molar-refractivity contribution in [2.45, 2.75) is 38.6 Å². The fourth-order valence-electron chi connectivity index (χ4n) is 2.12. The Labute approximate surface area is 123 Å². The number of methoxy groups -OCH3 is 1. The first kappa shape index (κ1) is 15.3. The Morgan fingerprint density at radius 3 is 2.71 bits per heavy atom. The van der Waals surface area contributed by atoms with Gasteiger partial charge in [0.2, 0.25) is 5.82 Å². The van der Waals surface area contributed by atoms with E-state index in [1.807, 2.05) is 20.8 Å². The number of carbonyl (C=O) groups excluding carboxylic acids is 2. The molecule has 0 spiro atoms. The molecule has 116 valence electrons. The van der Waals surface area contributed by atoms with Crippen molar-refractivity contribution in [1.29, 1.82) is 0 Å². The first-order valence-electron chi connectivity index (χ1n) is 6.88. The molecule has 8 nitrogen and oxygen atoms in total. The zero-order valence-corrected chi connectivity index (χ0v) is 12.8. The summed E-state index contributed by atoms with van der Waals surface area (Å²) < 4.78 is 4.55. The summed E-state index contributed by atoms with van der Waals surface area (Å²) in [5, 5.41) is 9.48. The lowest BCUT2D eigenvalue weighted by molar-refractivity contribution is 0.0776. The summed E-state index contributed by atoms with van der Waals surface area (Å²) in [6.07, 6.45) is 0.208. The molecular weight excluding hydrogens is 274 g/mol. The summed E-state index contributed by atoms with van der Waals surface area (Å²) in [6, 6.07) is -0.0950. The molecule has 0 bridgehead atoms. The Morgan fingerprint density at radius 2 is 2.14 bits per heavy atom. The Hall–Kier alpha value is -2.12. The molecule has 0 aliphatic carbocycles. The minimum Gasteiger partial charge on any atom is -0.453 e. The number of alkyl carbamates (subject to hydrolysis) is 1. The Morgan fingerprint density at radius 1 is 1.43 bits per heavy atom. The molecule has 2 amide bonds. The fourth-order valence-corrected chi connectivity index (χ4v) is 2.12. The maximum Gasteiger partial charge on any atom is 0.407 e. The van der Waals surface area contributed by atoms with E-state index >= 15 is 0 Å². The van der Waals surface area contributed by atoms with Gasteiger partial charge in [0.15, 0.2) is 0 Å². The second kappa shape index (κ2) is 5.71. The molecule has 1 saturated heterocycles. The van der Waals surface area contributed by atoms with Crippen LogP contribution in [0.3, 0.4) is 0 Å². The molecule has 1 fully saturated rings. The average Bonchev–Trinajstić information content (AvgIpc) is 3.06. The van der Waals surface area contributed by atoms with Gasteiger partial charge in [-0.1, -0.05) is 20.8 Å². The van der Waals surface area contributed by atoms with Crippen LogP contribution in [0.15, 0.2) is 0 Å². The van der Waals surface area contributed by atoms with E-state index in [1.54, 1.807) is 4.90 Å². The van der Waals surface area contributed by atoms with Gasteiger partial charge in [-0.25, -0.2) is 9.78 Å². The van der Waals surface area contributed by atoms with E-state index in [9.17, 15) is 9.59 Å². The summed E-state index contributed by atoms with van der Waals surface area (Å²) in [4.78, 5) is 29.4. The van der Waals surface area contributed by atoms with Crippen LogP contribution in [0.1, 0.15) is 43.6 Å². The first-order valence-corrected chi connectivity index (χ1v) is 6.88. The van der Waals surface area contributed by atoms with Crippen LogP contribution >= 0.6 is 0 Å². The zero-order valence-electron chi connectivity index (χ0n) is 12.8. The van der Waals surface area contributed by atoms with E-state index in [-0.39, 0.29) is 23.2 Å². The monoisotopic (exact) mass is 295 g/mol. The molecule has 21 heavy (non-hydrogen) atoms. The highest BCUT2D eigenvalue weighted by atomic mass is 16.5. The Bertz CT molecular complexity index is 534. The van der Waals surface area contributed by atoms with Crippen LogP contribution in [0, 0.1) is 0 Å². The second-order valence-corrected chi connectivity index (χ2v) is 6.13. The molecule has 1 aliphatic rings. The molecule has 0 saturated carbocycles. The van der Waals surface area contributed by atoms with Crippen molar-refractivity contribution in [3.63, 3.8) is 0 Å². The number of hydrogen-bond acceptors (Lipinski definition) is 5. The van der Waals surface area contributed by atoms with Gasteiger partial charge in [0.1, 0.15) is 5.82 Å². The number of H-pyrrole nitrogens is 1. The van der Waals surface area contributed by atoms with Gasteiger partial charge in [-0.15, -0.1) is 5.10 Å². The molecule has 1 aromatic rings. The highest BCUT2D eigenvalue weighted by Gasteiger charge is 2.31. The topological polar surface area (TPSA) is 100 Å². The van der Waals surface area contributed by atoms with Crippen LogP contribution in [0.4, 0.5) is 4.79 Å². The SMILES string of the molecule is COC(=O)NC1CCN(C(=O)c2n[nH]c(C(C)(C)C)n2)C1. The van der Waals surface area contributed by atoms with Crippen molar-refractivity contribution in [1.82, 2.24) is 25.4 Å². The fraction of sp³-hybridized carbons (Fsp3) is 0.692. The van der Waals surface area contributed by atoms with Crippen molar-refractivity contribution in [3.8, 4) is 0 Å². The van der Waals surface area contributed by atoms with E-state index in [2.05, 4.69) is 25.2 Å². The maximum absolute atomic E-state index is 12.3. The third-order valence-electron chi connectivity index (χ3n) is 3.37. The minimum absolute atomic E-state index is 0.0950. The lowest BCUT2D eigenvalue weighted by atomic mass is 9.96. The average molecular weight is 295 g/mol. The summed E-state index contributed by atoms with van der Waals surface area (Å²) in [6.45, 7) is 6.98. The number of nitrogens with zero attached hydrogens (tertiary/aromatic N) is 3. The van der Waals surface area contributed by atoms with Gasteiger partial charge in [0.25, 0.3) is 5.91 Å². The molecule has 2 rings (SSSR count). The summed E-state index contributed by atoms with van der Waals surface area (Å²) in [7, 11) is 1.31.